The molecule has 1 aromatic carbocycles. The maximum Gasteiger partial charge on any atom is 1.00 e. The summed E-state index contributed by atoms with van der Waals surface area (Å²) in [5, 5.41) is 0. The Hall–Kier alpha value is 0.130. The fourth-order valence-electron chi connectivity index (χ4n) is 2.65. The van der Waals surface area contributed by atoms with Crippen molar-refractivity contribution in [2.24, 2.45) is 0 Å². The summed E-state index contributed by atoms with van der Waals surface area (Å²) >= 11 is 0. The summed E-state index contributed by atoms with van der Waals surface area (Å²) in [5.74, 6) is 0. The van der Waals surface area contributed by atoms with Crippen molar-refractivity contribution in [3.63, 3.8) is 0 Å². The van der Waals surface area contributed by atoms with Gasteiger partial charge in [-0.2, -0.15) is 21.3 Å². The molecule has 0 aliphatic carbocycles. The fourth-order valence-corrected chi connectivity index (χ4v) is 3.41. The van der Waals surface area contributed by atoms with Gasteiger partial charge in [-0.15, -0.1) is 0 Å². The number of hydrogen-bond donors (Lipinski definition) is 1. The van der Waals surface area contributed by atoms with E-state index in [4.69, 9.17) is 0 Å². The van der Waals surface area contributed by atoms with Gasteiger partial charge in [-0.1, -0.05) is 63.6 Å². The van der Waals surface area contributed by atoms with E-state index in [0.717, 1.165) is 18.4 Å². The van der Waals surface area contributed by atoms with E-state index in [2.05, 4.69) is 13.3 Å². The smallest absolute Gasteiger partial charge is 0.329 e. The van der Waals surface area contributed by atoms with Crippen molar-refractivity contribution < 1.29 is 42.5 Å². The zero-order valence-electron chi connectivity index (χ0n) is 14.6. The quantitative estimate of drug-likeness (QED) is 0.273. The third-order valence-corrected chi connectivity index (χ3v) is 4.85. The second kappa shape index (κ2) is 13.4. The fraction of sp³-hybridized carbons (Fsp3) is 0.611. The van der Waals surface area contributed by atoms with E-state index < -0.39 is 10.1 Å². The molecular weight excluding hydrogens is 319 g/mol. The molecule has 0 unspecified atom stereocenters. The molecular formula is C18H29NaO3S. The molecule has 0 aliphatic rings. The summed E-state index contributed by atoms with van der Waals surface area (Å²) in [6, 6.07) is 6.71. The number of rotatable bonds is 12. The number of unbranched alkanes of at least 4 members (excludes halogenated alkanes) is 9. The Morgan fingerprint density at radius 1 is 0.957 bits per heavy atom. The average Bonchev–Trinajstić information content (AvgIpc) is 2.48. The van der Waals surface area contributed by atoms with E-state index in [9.17, 15) is 13.0 Å². The predicted octanol–water partition coefficient (Wildman–Crippen LogP) is 2.21. The van der Waals surface area contributed by atoms with Crippen molar-refractivity contribution in [2.75, 3.05) is 0 Å². The summed E-state index contributed by atoms with van der Waals surface area (Å²) < 4.78 is 31.8. The third kappa shape index (κ3) is 10.6. The molecule has 0 saturated carbocycles. The van der Waals surface area contributed by atoms with Gasteiger partial charge in [0.25, 0.3) is 10.1 Å². The van der Waals surface area contributed by atoms with Crippen LogP contribution in [0.4, 0.5) is 0 Å². The molecule has 23 heavy (non-hydrogen) atoms. The van der Waals surface area contributed by atoms with Crippen LogP contribution in [0.1, 0.15) is 70.3 Å². The van der Waals surface area contributed by atoms with Gasteiger partial charge in [0.1, 0.15) is 0 Å². The van der Waals surface area contributed by atoms with E-state index in [0.29, 0.717) is 6.42 Å². The standard InChI is InChI=1S/C18H29O3S.Na/c1-2-3-4-5-6-7-8-9-10-11-14-17-15-12-13-16-18(17)22(19,20)21;/h3,12-13,15-16H,2,4-11,14H2,1H3,(H,19,20,21);/q-1;+1. The van der Waals surface area contributed by atoms with Crippen LogP contribution in [0, 0.1) is 6.42 Å². The summed E-state index contributed by atoms with van der Waals surface area (Å²) in [5.41, 5.74) is 0.722. The first kappa shape index (κ1) is 23.1. The molecule has 0 bridgehead atoms. The Bertz CT molecular complexity index is 515. The summed E-state index contributed by atoms with van der Waals surface area (Å²) in [4.78, 5) is 0.0576. The van der Waals surface area contributed by atoms with E-state index in [-0.39, 0.29) is 34.5 Å². The molecule has 0 radical (unpaired) electrons. The third-order valence-electron chi connectivity index (χ3n) is 3.89. The number of benzene rings is 1. The Morgan fingerprint density at radius 2 is 1.52 bits per heavy atom. The van der Waals surface area contributed by atoms with Crippen molar-refractivity contribution in [3.05, 3.63) is 36.2 Å². The molecule has 0 atom stereocenters. The first-order valence-corrected chi connectivity index (χ1v) is 9.86. The average molecular weight is 348 g/mol. The predicted molar refractivity (Wildman–Crippen MR) is 91.5 cm³/mol. The number of aryl methyl sites for hydroxylation is 1. The van der Waals surface area contributed by atoms with Gasteiger partial charge in [0.2, 0.25) is 0 Å². The van der Waals surface area contributed by atoms with Gasteiger partial charge in [-0.3, -0.25) is 4.55 Å². The minimum atomic E-state index is -4.10. The second-order valence-electron chi connectivity index (χ2n) is 5.79. The SMILES string of the molecule is CC[CH-]CCCCCCCCCc1ccccc1S(=O)(=O)O.[Na+]. The maximum absolute atomic E-state index is 11.3. The van der Waals surface area contributed by atoms with E-state index in [1.807, 2.05) is 6.07 Å². The normalized spacial score (nSPS) is 11.2. The van der Waals surface area contributed by atoms with Crippen LogP contribution in [-0.2, 0) is 16.5 Å². The Labute approximate surface area is 164 Å². The molecule has 3 nitrogen and oxygen atoms in total. The summed E-state index contributed by atoms with van der Waals surface area (Å²) in [6.07, 6.45) is 13.9. The van der Waals surface area contributed by atoms with Crippen LogP contribution in [-0.4, -0.2) is 13.0 Å². The number of hydrogen-bond acceptors (Lipinski definition) is 2. The topological polar surface area (TPSA) is 54.4 Å². The summed E-state index contributed by atoms with van der Waals surface area (Å²) in [6.45, 7) is 2.18. The van der Waals surface area contributed by atoms with Gasteiger partial charge < -0.3 is 6.42 Å². The minimum absolute atomic E-state index is 0. The van der Waals surface area contributed by atoms with Gasteiger partial charge in [-0.05, 0) is 24.5 Å². The van der Waals surface area contributed by atoms with Crippen LogP contribution in [0.25, 0.3) is 0 Å². The van der Waals surface area contributed by atoms with E-state index in [1.54, 1.807) is 12.1 Å². The van der Waals surface area contributed by atoms with Crippen LogP contribution in [0.5, 0.6) is 0 Å². The van der Waals surface area contributed by atoms with Gasteiger partial charge >= 0.3 is 29.6 Å². The molecule has 1 aromatic rings. The van der Waals surface area contributed by atoms with Crippen LogP contribution in [0.3, 0.4) is 0 Å². The van der Waals surface area contributed by atoms with Crippen LogP contribution < -0.4 is 29.6 Å². The first-order chi connectivity index (χ1) is 10.6. The van der Waals surface area contributed by atoms with Gasteiger partial charge in [0, 0.05) is 0 Å². The Balaban J connectivity index is 0.00000484. The maximum atomic E-state index is 11.3. The zero-order chi connectivity index (χ0) is 16.3. The molecule has 0 aliphatic heterocycles. The molecule has 0 spiro atoms. The molecule has 0 heterocycles. The zero-order valence-corrected chi connectivity index (χ0v) is 17.4. The van der Waals surface area contributed by atoms with Crippen molar-refractivity contribution in [1.29, 1.82) is 0 Å². The summed E-state index contributed by atoms with van der Waals surface area (Å²) in [7, 11) is -4.10. The van der Waals surface area contributed by atoms with Crippen molar-refractivity contribution in [2.45, 2.75) is 76.0 Å². The molecule has 1 N–H and O–H groups in total. The van der Waals surface area contributed by atoms with Crippen LogP contribution >= 0.6 is 0 Å². The van der Waals surface area contributed by atoms with Gasteiger partial charge in [0.05, 0.1) is 4.90 Å². The molecule has 5 heteroatoms. The second-order valence-corrected chi connectivity index (χ2v) is 7.18. The first-order valence-electron chi connectivity index (χ1n) is 8.42. The van der Waals surface area contributed by atoms with E-state index >= 15 is 0 Å². The molecule has 126 valence electrons. The van der Waals surface area contributed by atoms with Gasteiger partial charge in [0.15, 0.2) is 0 Å². The molecule has 0 aromatic heterocycles. The van der Waals surface area contributed by atoms with Crippen LogP contribution in [0.15, 0.2) is 29.2 Å². The minimum Gasteiger partial charge on any atom is -0.329 e. The molecule has 0 amide bonds. The van der Waals surface area contributed by atoms with E-state index in [1.165, 1.54) is 51.0 Å². The van der Waals surface area contributed by atoms with Crippen molar-refractivity contribution >= 4 is 10.1 Å². The van der Waals surface area contributed by atoms with Crippen LogP contribution in [0.2, 0.25) is 0 Å². The molecule has 0 saturated heterocycles. The molecule has 0 fully saturated rings. The Morgan fingerprint density at radius 3 is 2.13 bits per heavy atom. The molecule has 1 rings (SSSR count). The van der Waals surface area contributed by atoms with Gasteiger partial charge in [-0.25, -0.2) is 0 Å². The van der Waals surface area contributed by atoms with Crippen molar-refractivity contribution in [1.82, 2.24) is 0 Å². The van der Waals surface area contributed by atoms with Crippen molar-refractivity contribution in [3.8, 4) is 0 Å². The Kier molecular flexibility index (Phi) is 13.5. The monoisotopic (exact) mass is 348 g/mol. The largest absolute Gasteiger partial charge is 1.00 e.